The fourth-order valence-corrected chi connectivity index (χ4v) is 2.18. The van der Waals surface area contributed by atoms with E-state index in [-0.39, 0.29) is 12.5 Å². The highest BCUT2D eigenvalue weighted by atomic mass is 16.5. The van der Waals surface area contributed by atoms with Crippen LogP contribution in [-0.4, -0.2) is 43.9 Å². The number of ether oxygens (including phenoxy) is 1. The maximum atomic E-state index is 11.2. The number of morpholine rings is 1. The molecule has 1 saturated heterocycles. The Morgan fingerprint density at radius 1 is 1.35 bits per heavy atom. The predicted octanol–water partition coefficient (Wildman–Crippen LogP) is 1.08. The number of rotatable bonds is 5. The number of nitrogens with zero attached hydrogens (tertiary/aromatic N) is 1. The monoisotopic (exact) mass is 278 g/mol. The number of hydrogen-bond donors (Lipinski definition) is 2. The van der Waals surface area contributed by atoms with Crippen LogP contribution in [-0.2, 0) is 9.53 Å². The molecule has 1 aromatic carbocycles. The average Bonchev–Trinajstić information content (AvgIpc) is 2.53. The molecule has 1 aromatic rings. The zero-order chi connectivity index (χ0) is 14.4. The van der Waals surface area contributed by atoms with E-state index >= 15 is 0 Å². The van der Waals surface area contributed by atoms with Gasteiger partial charge in [0.15, 0.2) is 0 Å². The van der Waals surface area contributed by atoms with Crippen molar-refractivity contribution in [3.05, 3.63) is 29.8 Å². The highest BCUT2D eigenvalue weighted by Crippen LogP contribution is 2.20. The van der Waals surface area contributed by atoms with Crippen molar-refractivity contribution in [2.24, 2.45) is 0 Å². The Labute approximate surface area is 119 Å². The summed E-state index contributed by atoms with van der Waals surface area (Å²) < 4.78 is 5.33. The van der Waals surface area contributed by atoms with E-state index in [1.165, 1.54) is 0 Å². The summed E-state index contributed by atoms with van der Waals surface area (Å²) in [6.45, 7) is 5.35. The van der Waals surface area contributed by atoms with Gasteiger partial charge in [0.2, 0.25) is 5.91 Å². The molecule has 1 aliphatic heterocycles. The van der Waals surface area contributed by atoms with Crippen LogP contribution in [0.15, 0.2) is 24.3 Å². The highest BCUT2D eigenvalue weighted by Gasteiger charge is 2.13. The average molecular weight is 278 g/mol. The van der Waals surface area contributed by atoms with Gasteiger partial charge in [0.05, 0.1) is 19.3 Å². The maximum Gasteiger partial charge on any atom is 0.219 e. The van der Waals surface area contributed by atoms with Gasteiger partial charge in [-0.05, 0) is 17.7 Å². The summed E-state index contributed by atoms with van der Waals surface area (Å²) in [7, 11) is 0. The molecular formula is C15H22N2O3. The fourth-order valence-electron chi connectivity index (χ4n) is 2.18. The van der Waals surface area contributed by atoms with Crippen LogP contribution in [0.5, 0.6) is 0 Å². The number of aliphatic hydroxyl groups excluding tert-OH is 1. The van der Waals surface area contributed by atoms with Crippen LogP contribution in [0, 0.1) is 0 Å². The molecular weight excluding hydrogens is 256 g/mol. The number of nitrogens with one attached hydrogen (secondary N) is 1. The third-order valence-electron chi connectivity index (χ3n) is 3.47. The Bertz CT molecular complexity index is 427. The highest BCUT2D eigenvalue weighted by molar-refractivity contribution is 5.75. The molecule has 0 spiro atoms. The molecule has 5 heteroatoms. The molecule has 1 heterocycles. The molecule has 0 saturated carbocycles. The Kier molecular flexibility index (Phi) is 5.38. The topological polar surface area (TPSA) is 61.8 Å². The molecule has 1 fully saturated rings. The summed E-state index contributed by atoms with van der Waals surface area (Å²) in [5.74, 6) is -0.0472. The van der Waals surface area contributed by atoms with E-state index in [4.69, 9.17) is 4.74 Å². The number of aliphatic hydroxyl groups is 1. The van der Waals surface area contributed by atoms with E-state index in [2.05, 4.69) is 10.2 Å². The minimum absolute atomic E-state index is 0.0472. The van der Waals surface area contributed by atoms with E-state index < -0.39 is 6.10 Å². The van der Waals surface area contributed by atoms with E-state index in [9.17, 15) is 9.90 Å². The standard InChI is InChI=1S/C15H22N2O3/c1-2-15(19)16-11-14(18)12-3-5-13(6-4-12)17-7-9-20-10-8-17/h3-6,14,18H,2,7-11H2,1H3,(H,16,19). The number of benzene rings is 1. The molecule has 0 bridgehead atoms. The lowest BCUT2D eigenvalue weighted by atomic mass is 10.1. The summed E-state index contributed by atoms with van der Waals surface area (Å²) in [5, 5.41) is 12.7. The summed E-state index contributed by atoms with van der Waals surface area (Å²) in [4.78, 5) is 13.4. The minimum Gasteiger partial charge on any atom is -0.387 e. The van der Waals surface area contributed by atoms with Gasteiger partial charge in [0.1, 0.15) is 0 Å². The predicted molar refractivity (Wildman–Crippen MR) is 77.7 cm³/mol. The van der Waals surface area contributed by atoms with Gasteiger partial charge in [-0.25, -0.2) is 0 Å². The molecule has 1 amide bonds. The number of carbonyl (C=O) groups is 1. The van der Waals surface area contributed by atoms with Crippen LogP contribution in [0.4, 0.5) is 5.69 Å². The molecule has 2 N–H and O–H groups in total. The van der Waals surface area contributed by atoms with Crippen molar-refractivity contribution in [1.29, 1.82) is 0 Å². The van der Waals surface area contributed by atoms with E-state index in [0.717, 1.165) is 37.6 Å². The third-order valence-corrected chi connectivity index (χ3v) is 3.47. The number of amides is 1. The van der Waals surface area contributed by atoms with Crippen molar-refractivity contribution in [2.75, 3.05) is 37.7 Å². The van der Waals surface area contributed by atoms with E-state index in [1.807, 2.05) is 24.3 Å². The molecule has 1 atom stereocenters. The summed E-state index contributed by atoms with van der Waals surface area (Å²) in [5.41, 5.74) is 1.96. The SMILES string of the molecule is CCC(=O)NCC(O)c1ccc(N2CCOCC2)cc1. The zero-order valence-electron chi connectivity index (χ0n) is 11.8. The lowest BCUT2D eigenvalue weighted by Gasteiger charge is -2.29. The van der Waals surface area contributed by atoms with Gasteiger partial charge < -0.3 is 20.1 Å². The van der Waals surface area contributed by atoms with Gasteiger partial charge in [-0.15, -0.1) is 0 Å². The van der Waals surface area contributed by atoms with Crippen molar-refractivity contribution in [2.45, 2.75) is 19.4 Å². The van der Waals surface area contributed by atoms with Crippen LogP contribution >= 0.6 is 0 Å². The lowest BCUT2D eigenvalue weighted by molar-refractivity contribution is -0.121. The largest absolute Gasteiger partial charge is 0.387 e. The number of carbonyl (C=O) groups excluding carboxylic acids is 1. The molecule has 1 unspecified atom stereocenters. The Balaban J connectivity index is 1.91. The van der Waals surface area contributed by atoms with Crippen molar-refractivity contribution in [3.63, 3.8) is 0 Å². The molecule has 5 nitrogen and oxygen atoms in total. The molecule has 2 rings (SSSR count). The first-order valence-corrected chi connectivity index (χ1v) is 7.08. The van der Waals surface area contributed by atoms with E-state index in [0.29, 0.717) is 6.42 Å². The van der Waals surface area contributed by atoms with Gasteiger partial charge in [0.25, 0.3) is 0 Å². The Hall–Kier alpha value is -1.59. The second-order valence-corrected chi connectivity index (χ2v) is 4.86. The van der Waals surface area contributed by atoms with Crippen LogP contribution in [0.1, 0.15) is 25.0 Å². The van der Waals surface area contributed by atoms with Crippen LogP contribution in [0.25, 0.3) is 0 Å². The van der Waals surface area contributed by atoms with Gasteiger partial charge in [-0.1, -0.05) is 19.1 Å². The fraction of sp³-hybridized carbons (Fsp3) is 0.533. The number of anilines is 1. The third kappa shape index (κ3) is 3.95. The van der Waals surface area contributed by atoms with Gasteiger partial charge in [0, 0.05) is 31.7 Å². The summed E-state index contributed by atoms with van der Waals surface area (Å²) in [6, 6.07) is 7.83. The quantitative estimate of drug-likeness (QED) is 0.846. The molecule has 0 radical (unpaired) electrons. The Morgan fingerprint density at radius 2 is 2.00 bits per heavy atom. The smallest absolute Gasteiger partial charge is 0.219 e. The first kappa shape index (κ1) is 14.8. The molecule has 0 aromatic heterocycles. The normalized spacial score (nSPS) is 16.8. The Morgan fingerprint density at radius 3 is 2.60 bits per heavy atom. The van der Waals surface area contributed by atoms with Crippen LogP contribution < -0.4 is 10.2 Å². The van der Waals surface area contributed by atoms with Crippen molar-refractivity contribution < 1.29 is 14.6 Å². The number of hydrogen-bond acceptors (Lipinski definition) is 4. The second-order valence-electron chi connectivity index (χ2n) is 4.86. The first-order chi connectivity index (χ1) is 9.70. The van der Waals surface area contributed by atoms with Gasteiger partial charge in [-0.3, -0.25) is 4.79 Å². The van der Waals surface area contributed by atoms with Crippen LogP contribution in [0.2, 0.25) is 0 Å². The van der Waals surface area contributed by atoms with Crippen molar-refractivity contribution in [3.8, 4) is 0 Å². The second kappa shape index (κ2) is 7.26. The molecule has 110 valence electrons. The summed E-state index contributed by atoms with van der Waals surface area (Å²) >= 11 is 0. The van der Waals surface area contributed by atoms with Gasteiger partial charge >= 0.3 is 0 Å². The lowest BCUT2D eigenvalue weighted by Crippen LogP contribution is -2.36. The van der Waals surface area contributed by atoms with Crippen LogP contribution in [0.3, 0.4) is 0 Å². The summed E-state index contributed by atoms with van der Waals surface area (Å²) in [6.07, 6.45) is -0.230. The molecule has 20 heavy (non-hydrogen) atoms. The van der Waals surface area contributed by atoms with E-state index in [1.54, 1.807) is 6.92 Å². The van der Waals surface area contributed by atoms with Crippen molar-refractivity contribution in [1.82, 2.24) is 5.32 Å². The van der Waals surface area contributed by atoms with Crippen molar-refractivity contribution >= 4 is 11.6 Å². The first-order valence-electron chi connectivity index (χ1n) is 7.08. The zero-order valence-corrected chi connectivity index (χ0v) is 11.8. The molecule has 1 aliphatic rings. The van der Waals surface area contributed by atoms with Gasteiger partial charge in [-0.2, -0.15) is 0 Å². The molecule has 0 aliphatic carbocycles. The maximum absolute atomic E-state index is 11.2. The minimum atomic E-state index is -0.663.